The number of hydrogen-bond donors (Lipinski definition) is 4. The van der Waals surface area contributed by atoms with E-state index >= 15 is 0 Å². The second-order valence-corrected chi connectivity index (χ2v) is 16.4. The predicted octanol–water partition coefficient (Wildman–Crippen LogP) is 7.09. The summed E-state index contributed by atoms with van der Waals surface area (Å²) in [4.78, 5) is 74.3. The Labute approximate surface area is 373 Å². The first-order chi connectivity index (χ1) is 29.7. The van der Waals surface area contributed by atoms with E-state index in [9.17, 15) is 28.8 Å². The number of pyridine rings is 2. The number of benzene rings is 1. The number of nitrogens with zero attached hydrogens (tertiary/aromatic N) is 2. The lowest BCUT2D eigenvalue weighted by molar-refractivity contribution is -0.160. The third-order valence-corrected chi connectivity index (χ3v) is 9.29. The molecule has 3 aromatic rings. The first-order valence-corrected chi connectivity index (χ1v) is 22.0. The number of esters is 2. The van der Waals surface area contributed by atoms with E-state index in [4.69, 9.17) is 19.6 Å². The van der Waals surface area contributed by atoms with Crippen LogP contribution >= 0.6 is 0 Å². The van der Waals surface area contributed by atoms with E-state index < -0.39 is 35.5 Å². The van der Waals surface area contributed by atoms with E-state index in [1.807, 2.05) is 78.2 Å². The molecule has 1 aromatic carbocycles. The number of fused-ring (bicyclic) bond motifs is 4. The van der Waals surface area contributed by atoms with E-state index in [0.29, 0.717) is 38.5 Å². The van der Waals surface area contributed by atoms with Gasteiger partial charge in [0.1, 0.15) is 6.04 Å². The summed E-state index contributed by atoms with van der Waals surface area (Å²) in [5, 5.41) is 17.5. The molecular formula is C48H73N5O10. The van der Waals surface area contributed by atoms with E-state index in [1.165, 1.54) is 13.0 Å². The summed E-state index contributed by atoms with van der Waals surface area (Å²) in [6.45, 7) is 25.4. The van der Waals surface area contributed by atoms with Gasteiger partial charge in [0, 0.05) is 48.2 Å². The summed E-state index contributed by atoms with van der Waals surface area (Å²) in [5.41, 5.74) is 5.61. The summed E-state index contributed by atoms with van der Waals surface area (Å²) in [7, 11) is 0. The number of nitrogens with one attached hydrogen (secondary N) is 3. The number of aromatic nitrogens is 2. The zero-order valence-electron chi connectivity index (χ0n) is 39.8. The zero-order chi connectivity index (χ0) is 47.9. The van der Waals surface area contributed by atoms with E-state index in [-0.39, 0.29) is 36.6 Å². The van der Waals surface area contributed by atoms with Gasteiger partial charge in [-0.3, -0.25) is 19.2 Å². The van der Waals surface area contributed by atoms with Crippen LogP contribution in [0.2, 0.25) is 0 Å². The molecule has 350 valence electrons. The molecule has 2 unspecified atom stereocenters. The van der Waals surface area contributed by atoms with Crippen molar-refractivity contribution in [2.45, 2.75) is 152 Å². The standard InChI is InChI=1S/C20H36N2O7.C18H16N2O.C8H15NO2.C2H6/c1-13(2)8-10-28-19(26)22-20(6,7)9-11-27-14(3)12-17(24)21-15(4)18(25)29-16(5)23;1-3-14-11(2)8-16-17-13(10-20(16)18(14)21)9-12-6-4-5-7-15(12)19-17;1-7(2)9-8(11)5-3-4-6-10;1-2/h13-15H,8-12H2,1-7H3,(H,21,24)(H,22,26);4-9H,3,10H2,1-2H3;3,5,7,10H,4,6H2,1-2H3,(H,9,11);1-2H3/b;;5-3-;. The fourth-order valence-corrected chi connectivity index (χ4v) is 6.05. The normalized spacial score (nSPS) is 12.3. The minimum atomic E-state index is -0.927. The van der Waals surface area contributed by atoms with Crippen molar-refractivity contribution in [1.82, 2.24) is 25.5 Å². The third-order valence-electron chi connectivity index (χ3n) is 9.29. The number of aryl methyl sites for hydroxylation is 1. The molecule has 0 saturated carbocycles. The molecule has 3 amide bonds. The van der Waals surface area contributed by atoms with Gasteiger partial charge in [0.25, 0.3) is 5.56 Å². The average Bonchev–Trinajstić information content (AvgIpc) is 3.54. The van der Waals surface area contributed by atoms with Crippen LogP contribution in [-0.2, 0) is 46.4 Å². The van der Waals surface area contributed by atoms with Crippen LogP contribution in [0.3, 0.4) is 0 Å². The van der Waals surface area contributed by atoms with E-state index in [0.717, 1.165) is 58.7 Å². The maximum absolute atomic E-state index is 12.6. The Kier molecular flexibility index (Phi) is 25.0. The Morgan fingerprint density at radius 2 is 1.65 bits per heavy atom. The summed E-state index contributed by atoms with van der Waals surface area (Å²) in [5.74, 6) is -1.57. The number of para-hydroxylation sites is 1. The number of carbonyl (C=O) groups excluding carboxylic acids is 5. The zero-order valence-corrected chi connectivity index (χ0v) is 39.8. The third kappa shape index (κ3) is 20.5. The van der Waals surface area contributed by atoms with Crippen LogP contribution in [0, 0.1) is 12.8 Å². The van der Waals surface area contributed by atoms with Gasteiger partial charge in [0.2, 0.25) is 11.8 Å². The molecule has 4 N–H and O–H groups in total. The molecule has 1 aliphatic rings. The molecule has 0 aliphatic carbocycles. The lowest BCUT2D eigenvalue weighted by atomic mass is 10.0. The number of ether oxygens (including phenoxy) is 3. The Morgan fingerprint density at radius 3 is 2.25 bits per heavy atom. The molecular weight excluding hydrogens is 807 g/mol. The second-order valence-electron chi connectivity index (χ2n) is 16.4. The van der Waals surface area contributed by atoms with Crippen LogP contribution in [0.25, 0.3) is 22.3 Å². The molecule has 0 fully saturated rings. The summed E-state index contributed by atoms with van der Waals surface area (Å²) in [6, 6.07) is 11.6. The van der Waals surface area contributed by atoms with Crippen molar-refractivity contribution in [3.8, 4) is 11.4 Å². The molecule has 2 aromatic heterocycles. The number of aliphatic hydroxyl groups excluding tert-OH is 1. The number of aliphatic hydroxyl groups is 1. The first-order valence-electron chi connectivity index (χ1n) is 22.0. The molecule has 15 heteroatoms. The lowest BCUT2D eigenvalue weighted by Gasteiger charge is -2.26. The highest BCUT2D eigenvalue weighted by Gasteiger charge is 2.25. The Bertz CT molecular complexity index is 2040. The average molecular weight is 880 g/mol. The molecule has 1 aliphatic heterocycles. The number of hydrogen-bond acceptors (Lipinski definition) is 11. The first kappa shape index (κ1) is 55.6. The van der Waals surface area contributed by atoms with Gasteiger partial charge in [0.05, 0.1) is 42.6 Å². The van der Waals surface area contributed by atoms with Crippen molar-refractivity contribution in [2.75, 3.05) is 19.8 Å². The summed E-state index contributed by atoms with van der Waals surface area (Å²) in [6.07, 6.45) is 4.93. The molecule has 0 radical (unpaired) electrons. The fourth-order valence-electron chi connectivity index (χ4n) is 6.05. The van der Waals surface area contributed by atoms with Crippen LogP contribution in [0.4, 0.5) is 4.79 Å². The van der Waals surface area contributed by atoms with Gasteiger partial charge in [0.15, 0.2) is 0 Å². The van der Waals surface area contributed by atoms with Crippen molar-refractivity contribution in [3.63, 3.8) is 0 Å². The molecule has 15 nitrogen and oxygen atoms in total. The number of amides is 3. The van der Waals surface area contributed by atoms with Crippen LogP contribution in [0.5, 0.6) is 0 Å². The Balaban J connectivity index is 0.000000505. The molecule has 63 heavy (non-hydrogen) atoms. The molecule has 3 heterocycles. The molecule has 4 rings (SSSR count). The van der Waals surface area contributed by atoms with E-state index in [1.54, 1.807) is 13.0 Å². The van der Waals surface area contributed by atoms with Crippen LogP contribution in [0.15, 0.2) is 53.3 Å². The smallest absolute Gasteiger partial charge is 0.407 e. The fraction of sp³-hybridized carbons (Fsp3) is 0.562. The largest absolute Gasteiger partial charge is 0.450 e. The van der Waals surface area contributed by atoms with Crippen molar-refractivity contribution in [2.24, 2.45) is 5.92 Å². The molecule has 0 bridgehead atoms. The van der Waals surface area contributed by atoms with Gasteiger partial charge < -0.3 is 39.8 Å². The Hall–Kier alpha value is -5.41. The predicted molar refractivity (Wildman–Crippen MR) is 247 cm³/mol. The summed E-state index contributed by atoms with van der Waals surface area (Å²) >= 11 is 0. The van der Waals surface area contributed by atoms with Crippen LogP contribution in [-0.4, -0.2) is 88.1 Å². The minimum Gasteiger partial charge on any atom is -0.450 e. The van der Waals surface area contributed by atoms with Crippen LogP contribution < -0.4 is 21.5 Å². The molecule has 2 atom stereocenters. The topological polar surface area (TPSA) is 204 Å². The van der Waals surface area contributed by atoms with E-state index in [2.05, 4.69) is 52.7 Å². The highest BCUT2D eigenvalue weighted by Crippen LogP contribution is 2.32. The maximum Gasteiger partial charge on any atom is 0.407 e. The number of carbonyl (C=O) groups is 5. The monoisotopic (exact) mass is 880 g/mol. The minimum absolute atomic E-state index is 0.0444. The SMILES string of the molecule is CC.CC(=O)OC(=O)C(C)NC(=O)CC(C)OCCC(C)(C)NC(=O)OCCC(C)C.CC(C)NC(=O)/C=C\CCO.CCc1c(C)cc2n(c1=O)Cc1cc3ccccc3nc1-2. The number of alkyl carbamates (subject to hydrolysis) is 1. The van der Waals surface area contributed by atoms with Gasteiger partial charge in [-0.2, -0.15) is 0 Å². The van der Waals surface area contributed by atoms with Crippen molar-refractivity contribution in [3.05, 3.63) is 75.6 Å². The number of rotatable bonds is 17. The van der Waals surface area contributed by atoms with Gasteiger partial charge in [-0.1, -0.05) is 58.9 Å². The maximum atomic E-state index is 12.6. The van der Waals surface area contributed by atoms with Crippen molar-refractivity contribution >= 4 is 40.7 Å². The van der Waals surface area contributed by atoms with Crippen LogP contribution in [0.1, 0.15) is 125 Å². The van der Waals surface area contributed by atoms with Gasteiger partial charge in [-0.25, -0.2) is 14.6 Å². The Morgan fingerprint density at radius 1 is 0.984 bits per heavy atom. The quantitative estimate of drug-likeness (QED) is 0.0479. The van der Waals surface area contributed by atoms with Crippen molar-refractivity contribution < 1.29 is 43.3 Å². The highest BCUT2D eigenvalue weighted by atomic mass is 16.6. The lowest BCUT2D eigenvalue weighted by Crippen LogP contribution is -2.45. The van der Waals surface area contributed by atoms with Gasteiger partial charge in [-0.05, 0) is 110 Å². The van der Waals surface area contributed by atoms with Gasteiger partial charge in [-0.15, -0.1) is 0 Å². The van der Waals surface area contributed by atoms with Crippen molar-refractivity contribution in [1.29, 1.82) is 0 Å². The second kappa shape index (κ2) is 28.3. The molecule has 0 saturated heterocycles. The molecule has 0 spiro atoms. The van der Waals surface area contributed by atoms with Gasteiger partial charge >= 0.3 is 18.0 Å². The highest BCUT2D eigenvalue weighted by molar-refractivity contribution is 5.90. The summed E-state index contributed by atoms with van der Waals surface area (Å²) < 4.78 is 17.1.